The van der Waals surface area contributed by atoms with Crippen LogP contribution in [0.2, 0.25) is 0 Å². The van der Waals surface area contributed by atoms with E-state index in [1.54, 1.807) is 0 Å². The molecule has 2 aromatic rings. The third-order valence-corrected chi connectivity index (χ3v) is 8.47. The maximum atomic E-state index is 3.59. The molecule has 6 heteroatoms. The van der Waals surface area contributed by atoms with Gasteiger partial charge >= 0.3 is 0 Å². The zero-order valence-corrected chi connectivity index (χ0v) is 24.0. The Labute approximate surface area is 229 Å². The van der Waals surface area contributed by atoms with Gasteiger partial charge in [0.25, 0.3) is 0 Å². The molecule has 0 aliphatic rings. The Kier molecular flexibility index (Phi) is 21.1. The van der Waals surface area contributed by atoms with Gasteiger partial charge in [-0.25, -0.2) is 0 Å². The molecule has 0 spiro atoms. The Hall–Kier alpha value is -1.02. The van der Waals surface area contributed by atoms with E-state index in [1.165, 1.54) is 74.0 Å². The fourth-order valence-corrected chi connectivity index (χ4v) is 5.86. The Balaban J connectivity index is 1.18. The van der Waals surface area contributed by atoms with Crippen LogP contribution in [0.15, 0.2) is 60.7 Å². The van der Waals surface area contributed by atoms with Gasteiger partial charge in [-0.05, 0) is 63.0 Å². The van der Waals surface area contributed by atoms with Gasteiger partial charge in [0, 0.05) is 37.7 Å². The fraction of sp³-hybridized carbons (Fsp3) is 0.600. The standard InChI is InChI=1S/C30H50N4S2/c1(3-13-21-33-27-29-15-7-5-8-16-29)11-19-31-23-25-35-36-26-24-32-20-12-2-4-14-22-34-28-30-17-9-6-10-18-30/h5-10,15-18,31-34H,1-4,11-14,19-28H2. The lowest BCUT2D eigenvalue weighted by Gasteiger charge is -2.07. The number of rotatable bonds is 25. The fourth-order valence-electron chi connectivity index (χ4n) is 3.96. The minimum atomic E-state index is 0.989. The maximum absolute atomic E-state index is 3.59. The summed E-state index contributed by atoms with van der Waals surface area (Å²) >= 11 is 0. The normalized spacial score (nSPS) is 11.2. The minimum absolute atomic E-state index is 0.989. The van der Waals surface area contributed by atoms with Crippen LogP contribution in [0.3, 0.4) is 0 Å². The van der Waals surface area contributed by atoms with Crippen LogP contribution in [0.4, 0.5) is 0 Å². The molecule has 0 amide bonds. The molecular weight excluding hydrogens is 480 g/mol. The van der Waals surface area contributed by atoms with Gasteiger partial charge in [0.05, 0.1) is 0 Å². The zero-order chi connectivity index (χ0) is 25.2. The molecule has 0 radical (unpaired) electrons. The third-order valence-electron chi connectivity index (χ3n) is 6.07. The van der Waals surface area contributed by atoms with Crippen molar-refractivity contribution in [1.29, 1.82) is 0 Å². The Bertz CT molecular complexity index is 641. The van der Waals surface area contributed by atoms with Crippen molar-refractivity contribution in [3.05, 3.63) is 71.8 Å². The molecule has 4 nitrogen and oxygen atoms in total. The predicted octanol–water partition coefficient (Wildman–Crippen LogP) is 6.25. The first-order chi connectivity index (χ1) is 17.9. The van der Waals surface area contributed by atoms with Gasteiger partial charge in [0.1, 0.15) is 0 Å². The molecule has 0 saturated carbocycles. The molecule has 2 aromatic carbocycles. The average molecular weight is 531 g/mol. The van der Waals surface area contributed by atoms with E-state index in [-0.39, 0.29) is 0 Å². The van der Waals surface area contributed by atoms with Crippen molar-refractivity contribution in [3.8, 4) is 0 Å². The van der Waals surface area contributed by atoms with Crippen molar-refractivity contribution in [2.45, 2.75) is 64.5 Å². The molecule has 0 unspecified atom stereocenters. The second kappa shape index (κ2) is 24.3. The molecule has 0 aliphatic heterocycles. The highest BCUT2D eigenvalue weighted by Gasteiger charge is 1.96. The van der Waals surface area contributed by atoms with E-state index in [1.807, 2.05) is 21.6 Å². The van der Waals surface area contributed by atoms with Gasteiger partial charge < -0.3 is 21.3 Å². The predicted molar refractivity (Wildman–Crippen MR) is 164 cm³/mol. The molecule has 0 heterocycles. The molecule has 202 valence electrons. The summed E-state index contributed by atoms with van der Waals surface area (Å²) in [6.07, 6.45) is 10.5. The van der Waals surface area contributed by atoms with Gasteiger partial charge in [-0.2, -0.15) is 0 Å². The topological polar surface area (TPSA) is 48.1 Å². The Morgan fingerprint density at radius 1 is 0.389 bits per heavy atom. The van der Waals surface area contributed by atoms with Crippen LogP contribution in [0, 0.1) is 0 Å². The van der Waals surface area contributed by atoms with Gasteiger partial charge in [0.2, 0.25) is 0 Å². The van der Waals surface area contributed by atoms with Gasteiger partial charge in [-0.3, -0.25) is 0 Å². The summed E-state index contributed by atoms with van der Waals surface area (Å²) in [5.74, 6) is 2.40. The van der Waals surface area contributed by atoms with E-state index in [2.05, 4.69) is 81.9 Å². The molecule has 0 fully saturated rings. The van der Waals surface area contributed by atoms with Gasteiger partial charge in [-0.1, -0.05) is 108 Å². The summed E-state index contributed by atoms with van der Waals surface area (Å²) < 4.78 is 0. The summed E-state index contributed by atoms with van der Waals surface area (Å²) in [4.78, 5) is 0. The van der Waals surface area contributed by atoms with E-state index >= 15 is 0 Å². The first-order valence-corrected chi connectivity index (χ1v) is 16.6. The molecular formula is C30H50N4S2. The Morgan fingerprint density at radius 3 is 1.14 bits per heavy atom. The van der Waals surface area contributed by atoms with Crippen LogP contribution in [0.1, 0.15) is 62.5 Å². The molecule has 4 N–H and O–H groups in total. The summed E-state index contributed by atoms with van der Waals surface area (Å²) in [5.41, 5.74) is 2.75. The van der Waals surface area contributed by atoms with Crippen molar-refractivity contribution in [2.24, 2.45) is 0 Å². The zero-order valence-electron chi connectivity index (χ0n) is 22.3. The number of hydrogen-bond donors (Lipinski definition) is 4. The van der Waals surface area contributed by atoms with E-state index in [9.17, 15) is 0 Å². The van der Waals surface area contributed by atoms with Crippen LogP contribution in [0.5, 0.6) is 0 Å². The molecule has 0 bridgehead atoms. The molecule has 0 saturated heterocycles. The third kappa shape index (κ3) is 19.1. The molecule has 2 rings (SSSR count). The van der Waals surface area contributed by atoms with Crippen LogP contribution < -0.4 is 21.3 Å². The number of unbranched alkanes of at least 4 members (excludes halogenated alkanes) is 6. The quantitative estimate of drug-likeness (QED) is 0.0900. The Morgan fingerprint density at radius 2 is 0.750 bits per heavy atom. The van der Waals surface area contributed by atoms with Crippen molar-refractivity contribution in [2.75, 3.05) is 50.8 Å². The highest BCUT2D eigenvalue weighted by molar-refractivity contribution is 8.76. The van der Waals surface area contributed by atoms with Gasteiger partial charge in [0.15, 0.2) is 0 Å². The lowest BCUT2D eigenvalue weighted by molar-refractivity contribution is 0.569. The number of benzene rings is 2. The van der Waals surface area contributed by atoms with Crippen LogP contribution in [0.25, 0.3) is 0 Å². The summed E-state index contributed by atoms with van der Waals surface area (Å²) in [6, 6.07) is 21.3. The van der Waals surface area contributed by atoms with Crippen molar-refractivity contribution in [1.82, 2.24) is 21.3 Å². The summed E-state index contributed by atoms with van der Waals surface area (Å²) in [7, 11) is 4.01. The summed E-state index contributed by atoms with van der Waals surface area (Å²) in [6.45, 7) is 8.80. The lowest BCUT2D eigenvalue weighted by atomic mass is 10.2. The molecule has 0 atom stereocenters. The largest absolute Gasteiger partial charge is 0.316 e. The maximum Gasteiger partial charge on any atom is 0.0205 e. The highest BCUT2D eigenvalue weighted by Crippen LogP contribution is 2.19. The monoisotopic (exact) mass is 530 g/mol. The van der Waals surface area contributed by atoms with E-state index in [4.69, 9.17) is 0 Å². The first kappa shape index (κ1) is 31.2. The number of hydrogen-bond acceptors (Lipinski definition) is 6. The number of nitrogens with one attached hydrogen (secondary N) is 4. The lowest BCUT2D eigenvalue weighted by Crippen LogP contribution is -2.19. The summed E-state index contributed by atoms with van der Waals surface area (Å²) in [5, 5.41) is 14.3. The van der Waals surface area contributed by atoms with Crippen LogP contribution >= 0.6 is 21.6 Å². The highest BCUT2D eigenvalue weighted by atomic mass is 33.1. The molecule has 0 aromatic heterocycles. The SMILES string of the molecule is c1ccc(CNCCCCCCNCCSSCCNCCCCCCNCc2ccccc2)cc1. The second-order valence-electron chi connectivity index (χ2n) is 9.30. The van der Waals surface area contributed by atoms with E-state index in [0.717, 1.165) is 52.4 Å². The van der Waals surface area contributed by atoms with Crippen molar-refractivity contribution >= 4 is 21.6 Å². The van der Waals surface area contributed by atoms with E-state index < -0.39 is 0 Å². The van der Waals surface area contributed by atoms with Crippen LogP contribution in [-0.4, -0.2) is 50.8 Å². The molecule has 0 aliphatic carbocycles. The first-order valence-electron chi connectivity index (χ1n) is 14.1. The average Bonchev–Trinajstić information content (AvgIpc) is 2.92. The van der Waals surface area contributed by atoms with Crippen molar-refractivity contribution in [3.63, 3.8) is 0 Å². The van der Waals surface area contributed by atoms with E-state index in [0.29, 0.717) is 0 Å². The second-order valence-corrected chi connectivity index (χ2v) is 12.0. The molecule has 36 heavy (non-hydrogen) atoms. The minimum Gasteiger partial charge on any atom is -0.316 e. The van der Waals surface area contributed by atoms with Crippen LogP contribution in [-0.2, 0) is 13.1 Å². The van der Waals surface area contributed by atoms with Crippen molar-refractivity contribution < 1.29 is 0 Å². The van der Waals surface area contributed by atoms with Gasteiger partial charge in [-0.15, -0.1) is 0 Å². The smallest absolute Gasteiger partial charge is 0.0205 e.